The molecule has 0 aromatic heterocycles. The summed E-state index contributed by atoms with van der Waals surface area (Å²) >= 11 is 0. The number of nitrogens with zero attached hydrogens (tertiary/aromatic N) is 1. The fourth-order valence-corrected chi connectivity index (χ4v) is 1.60. The summed E-state index contributed by atoms with van der Waals surface area (Å²) in [6.07, 6.45) is 0.0164. The van der Waals surface area contributed by atoms with Crippen LogP contribution in [0.4, 0.5) is 5.69 Å². The van der Waals surface area contributed by atoms with Crippen molar-refractivity contribution < 1.29 is 14.4 Å². The fourth-order valence-electron chi connectivity index (χ4n) is 1.60. The van der Waals surface area contributed by atoms with E-state index in [1.807, 2.05) is 13.8 Å². The maximum absolute atomic E-state index is 10.9. The zero-order valence-electron chi connectivity index (χ0n) is 10.4. The number of nitro groups is 1. The van der Waals surface area contributed by atoms with Crippen molar-refractivity contribution in [2.75, 3.05) is 13.1 Å². The third-order valence-corrected chi connectivity index (χ3v) is 2.54. The first-order chi connectivity index (χ1) is 8.56. The molecule has 1 aliphatic heterocycles. The molecule has 0 spiro atoms. The summed E-state index contributed by atoms with van der Waals surface area (Å²) in [5.41, 5.74) is -0.0391. The highest BCUT2D eigenvalue weighted by Gasteiger charge is 2.21. The first-order valence-corrected chi connectivity index (χ1v) is 5.88. The van der Waals surface area contributed by atoms with Gasteiger partial charge in [-0.25, -0.2) is 0 Å². The highest BCUT2D eigenvalue weighted by Crippen LogP contribution is 2.32. The number of nitro benzene ring substituents is 1. The van der Waals surface area contributed by atoms with Crippen LogP contribution in [0.15, 0.2) is 18.2 Å². The van der Waals surface area contributed by atoms with Gasteiger partial charge in [0, 0.05) is 25.2 Å². The molecule has 0 bridgehead atoms. The van der Waals surface area contributed by atoms with Crippen LogP contribution in [0.2, 0.25) is 0 Å². The average molecular weight is 252 g/mol. The molecule has 0 saturated carbocycles. The Morgan fingerprint density at radius 2 is 2.17 bits per heavy atom. The lowest BCUT2D eigenvalue weighted by atomic mass is 10.2. The molecule has 0 radical (unpaired) electrons. The van der Waals surface area contributed by atoms with Crippen LogP contribution in [0.5, 0.6) is 11.5 Å². The predicted molar refractivity (Wildman–Crippen MR) is 66.1 cm³/mol. The Morgan fingerprint density at radius 3 is 2.67 bits per heavy atom. The second kappa shape index (κ2) is 5.22. The minimum absolute atomic E-state index is 0.0391. The zero-order chi connectivity index (χ0) is 13.1. The van der Waals surface area contributed by atoms with Crippen LogP contribution in [-0.2, 0) is 0 Å². The lowest BCUT2D eigenvalue weighted by molar-refractivity contribution is -0.386. The molecule has 6 nitrogen and oxygen atoms in total. The van der Waals surface area contributed by atoms with Gasteiger partial charge >= 0.3 is 5.69 Å². The molecule has 1 fully saturated rings. The topological polar surface area (TPSA) is 73.6 Å². The normalized spacial score (nSPS) is 15.3. The minimum atomic E-state index is -0.452. The molecule has 98 valence electrons. The molecule has 2 rings (SSSR count). The molecule has 0 aliphatic carbocycles. The maximum Gasteiger partial charge on any atom is 0.311 e. The van der Waals surface area contributed by atoms with E-state index in [0.29, 0.717) is 5.75 Å². The Kier molecular flexibility index (Phi) is 3.66. The van der Waals surface area contributed by atoms with Crippen LogP contribution in [0.25, 0.3) is 0 Å². The van der Waals surface area contributed by atoms with E-state index >= 15 is 0 Å². The van der Waals surface area contributed by atoms with Gasteiger partial charge in [0.05, 0.1) is 11.0 Å². The van der Waals surface area contributed by atoms with Crippen LogP contribution >= 0.6 is 0 Å². The van der Waals surface area contributed by atoms with Crippen molar-refractivity contribution in [2.45, 2.75) is 26.1 Å². The molecule has 6 heteroatoms. The second-order valence-corrected chi connectivity index (χ2v) is 4.45. The van der Waals surface area contributed by atoms with Crippen LogP contribution in [0.3, 0.4) is 0 Å². The Hall–Kier alpha value is -1.82. The lowest BCUT2D eigenvalue weighted by Crippen LogP contribution is -2.50. The van der Waals surface area contributed by atoms with Gasteiger partial charge < -0.3 is 14.8 Å². The molecule has 1 heterocycles. The number of rotatable bonds is 5. The summed E-state index contributed by atoms with van der Waals surface area (Å²) < 4.78 is 11.1. The van der Waals surface area contributed by atoms with E-state index in [4.69, 9.17) is 9.47 Å². The number of benzene rings is 1. The van der Waals surface area contributed by atoms with Crippen LogP contribution in [0.1, 0.15) is 13.8 Å². The third-order valence-electron chi connectivity index (χ3n) is 2.54. The van der Waals surface area contributed by atoms with E-state index in [2.05, 4.69) is 5.32 Å². The molecular formula is C12H16N2O4. The van der Waals surface area contributed by atoms with Crippen molar-refractivity contribution in [1.29, 1.82) is 0 Å². The van der Waals surface area contributed by atoms with Crippen molar-refractivity contribution >= 4 is 5.69 Å². The van der Waals surface area contributed by atoms with Crippen LogP contribution in [-0.4, -0.2) is 30.2 Å². The SMILES string of the molecule is CC(C)Oc1cc(OC2CNC2)ccc1[N+](=O)[O-]. The van der Waals surface area contributed by atoms with Crippen molar-refractivity contribution in [2.24, 2.45) is 0 Å². The van der Waals surface area contributed by atoms with E-state index in [1.54, 1.807) is 12.1 Å². The summed E-state index contributed by atoms with van der Waals surface area (Å²) in [5, 5.41) is 14.0. The van der Waals surface area contributed by atoms with Crippen LogP contribution < -0.4 is 14.8 Å². The van der Waals surface area contributed by atoms with Gasteiger partial charge in [-0.1, -0.05) is 0 Å². The monoisotopic (exact) mass is 252 g/mol. The van der Waals surface area contributed by atoms with Gasteiger partial charge in [-0.15, -0.1) is 0 Å². The summed E-state index contributed by atoms with van der Waals surface area (Å²) in [5.74, 6) is 0.850. The molecule has 1 aromatic carbocycles. The van der Waals surface area contributed by atoms with Crippen molar-refractivity contribution in [3.8, 4) is 11.5 Å². The molecule has 18 heavy (non-hydrogen) atoms. The Balaban J connectivity index is 2.19. The minimum Gasteiger partial charge on any atom is -0.488 e. The summed E-state index contributed by atoms with van der Waals surface area (Å²) in [6.45, 7) is 5.26. The van der Waals surface area contributed by atoms with E-state index in [1.165, 1.54) is 6.07 Å². The Morgan fingerprint density at radius 1 is 1.44 bits per heavy atom. The number of nitrogens with one attached hydrogen (secondary N) is 1. The highest BCUT2D eigenvalue weighted by atomic mass is 16.6. The molecule has 1 aliphatic rings. The number of hydrogen-bond acceptors (Lipinski definition) is 5. The van der Waals surface area contributed by atoms with Crippen molar-refractivity contribution in [3.05, 3.63) is 28.3 Å². The van der Waals surface area contributed by atoms with Gasteiger partial charge in [0.1, 0.15) is 11.9 Å². The van der Waals surface area contributed by atoms with E-state index in [9.17, 15) is 10.1 Å². The first kappa shape index (κ1) is 12.6. The fraction of sp³-hybridized carbons (Fsp3) is 0.500. The quantitative estimate of drug-likeness (QED) is 0.638. The molecule has 1 aromatic rings. The summed E-state index contributed by atoms with van der Waals surface area (Å²) in [6, 6.07) is 4.60. The summed E-state index contributed by atoms with van der Waals surface area (Å²) in [4.78, 5) is 10.4. The van der Waals surface area contributed by atoms with Gasteiger partial charge in [0.15, 0.2) is 0 Å². The van der Waals surface area contributed by atoms with Gasteiger partial charge in [-0.05, 0) is 19.9 Å². The molecular weight excluding hydrogens is 236 g/mol. The second-order valence-electron chi connectivity index (χ2n) is 4.45. The highest BCUT2D eigenvalue weighted by molar-refractivity contribution is 5.50. The molecule has 1 saturated heterocycles. The zero-order valence-corrected chi connectivity index (χ0v) is 10.4. The largest absolute Gasteiger partial charge is 0.488 e. The van der Waals surface area contributed by atoms with Crippen LogP contribution in [0, 0.1) is 10.1 Å². The number of hydrogen-bond donors (Lipinski definition) is 1. The first-order valence-electron chi connectivity index (χ1n) is 5.88. The van der Waals surface area contributed by atoms with E-state index < -0.39 is 4.92 Å². The summed E-state index contributed by atoms with van der Waals surface area (Å²) in [7, 11) is 0. The van der Waals surface area contributed by atoms with Gasteiger partial charge in [-0.3, -0.25) is 10.1 Å². The van der Waals surface area contributed by atoms with E-state index in [-0.39, 0.29) is 23.6 Å². The Labute approximate surface area is 105 Å². The standard InChI is InChI=1S/C12H16N2O4/c1-8(2)17-12-5-9(18-10-6-13-7-10)3-4-11(12)14(15)16/h3-5,8,10,13H,6-7H2,1-2H3. The molecule has 1 N–H and O–H groups in total. The Bertz CT molecular complexity index is 444. The van der Waals surface area contributed by atoms with E-state index in [0.717, 1.165) is 13.1 Å². The smallest absolute Gasteiger partial charge is 0.311 e. The predicted octanol–water partition coefficient (Wildman–Crippen LogP) is 1.73. The van der Waals surface area contributed by atoms with Crippen molar-refractivity contribution in [3.63, 3.8) is 0 Å². The van der Waals surface area contributed by atoms with Crippen molar-refractivity contribution in [1.82, 2.24) is 5.32 Å². The van der Waals surface area contributed by atoms with Gasteiger partial charge in [0.25, 0.3) is 0 Å². The third kappa shape index (κ3) is 2.89. The van der Waals surface area contributed by atoms with Gasteiger partial charge in [-0.2, -0.15) is 0 Å². The number of ether oxygens (including phenoxy) is 2. The van der Waals surface area contributed by atoms with Gasteiger partial charge in [0.2, 0.25) is 5.75 Å². The molecule has 0 unspecified atom stereocenters. The molecule has 0 atom stereocenters. The maximum atomic E-state index is 10.9. The molecule has 0 amide bonds. The average Bonchev–Trinajstić information content (AvgIpc) is 2.22. The lowest BCUT2D eigenvalue weighted by Gasteiger charge is -2.27.